The van der Waals surface area contributed by atoms with Crippen LogP contribution in [0.5, 0.6) is 0 Å². The van der Waals surface area contributed by atoms with Gasteiger partial charge in [0.1, 0.15) is 0 Å². The van der Waals surface area contributed by atoms with Crippen LogP contribution in [0.4, 0.5) is 11.4 Å². The van der Waals surface area contributed by atoms with Crippen molar-refractivity contribution >= 4 is 23.4 Å². The first-order chi connectivity index (χ1) is 12.5. The van der Waals surface area contributed by atoms with E-state index >= 15 is 0 Å². The molecule has 0 bridgehead atoms. The number of nitrogens with zero attached hydrogens (tertiary/aromatic N) is 3. The first kappa shape index (κ1) is 17.0. The number of nitro groups is 1. The summed E-state index contributed by atoms with van der Waals surface area (Å²) < 4.78 is 5.15. The summed E-state index contributed by atoms with van der Waals surface area (Å²) in [6.07, 6.45) is 4.06. The van der Waals surface area contributed by atoms with E-state index < -0.39 is 4.92 Å². The molecule has 26 heavy (non-hydrogen) atoms. The molecule has 8 nitrogen and oxygen atoms in total. The van der Waals surface area contributed by atoms with Crippen LogP contribution in [-0.4, -0.2) is 21.0 Å². The second-order valence-corrected chi connectivity index (χ2v) is 5.45. The van der Waals surface area contributed by atoms with Crippen molar-refractivity contribution < 1.29 is 14.1 Å². The van der Waals surface area contributed by atoms with E-state index in [1.54, 1.807) is 18.2 Å². The van der Waals surface area contributed by atoms with E-state index in [-0.39, 0.29) is 11.6 Å². The summed E-state index contributed by atoms with van der Waals surface area (Å²) in [6, 6.07) is 11.4. The third kappa shape index (κ3) is 3.99. The van der Waals surface area contributed by atoms with Gasteiger partial charge in [0.2, 0.25) is 18.2 Å². The highest BCUT2D eigenvalue weighted by Crippen LogP contribution is 2.24. The van der Waals surface area contributed by atoms with Crippen LogP contribution in [0.2, 0.25) is 0 Å². The Morgan fingerprint density at radius 1 is 1.27 bits per heavy atom. The third-order valence-corrected chi connectivity index (χ3v) is 3.61. The molecule has 0 radical (unpaired) electrons. The van der Waals surface area contributed by atoms with Crippen molar-refractivity contribution in [2.45, 2.75) is 6.92 Å². The number of aryl methyl sites for hydroxylation is 1. The highest BCUT2D eigenvalue weighted by molar-refractivity contribution is 6.02. The molecule has 130 valence electrons. The van der Waals surface area contributed by atoms with Gasteiger partial charge in [-0.3, -0.25) is 14.9 Å². The SMILES string of the molecule is Cc1ccc(-c2nnco2)cc1NC(=O)/C=C\c1cccc([N+](=O)[O-])c1. The Hall–Kier alpha value is -3.81. The van der Waals surface area contributed by atoms with Gasteiger partial charge in [-0.25, -0.2) is 0 Å². The van der Waals surface area contributed by atoms with Crippen LogP contribution in [0.15, 0.2) is 59.4 Å². The maximum Gasteiger partial charge on any atom is 0.270 e. The lowest BCUT2D eigenvalue weighted by Gasteiger charge is -2.07. The highest BCUT2D eigenvalue weighted by atomic mass is 16.6. The van der Waals surface area contributed by atoms with E-state index in [2.05, 4.69) is 15.5 Å². The number of carbonyl (C=O) groups excluding carboxylic acids is 1. The Bertz CT molecular complexity index is 981. The summed E-state index contributed by atoms with van der Waals surface area (Å²) in [7, 11) is 0. The molecule has 0 saturated heterocycles. The number of non-ortho nitro benzene ring substituents is 1. The average molecular weight is 350 g/mol. The number of nitrogens with one attached hydrogen (secondary N) is 1. The van der Waals surface area contributed by atoms with Crippen LogP contribution < -0.4 is 5.32 Å². The van der Waals surface area contributed by atoms with Crippen molar-refractivity contribution in [2.24, 2.45) is 0 Å². The Labute approximate surface area is 148 Å². The Kier molecular flexibility index (Phi) is 4.84. The molecule has 0 aliphatic rings. The molecule has 3 rings (SSSR count). The van der Waals surface area contributed by atoms with E-state index in [9.17, 15) is 14.9 Å². The van der Waals surface area contributed by atoms with Crippen molar-refractivity contribution in [1.29, 1.82) is 0 Å². The fraction of sp³-hybridized carbons (Fsp3) is 0.0556. The maximum absolute atomic E-state index is 12.2. The van der Waals surface area contributed by atoms with Gasteiger partial charge in [0.15, 0.2) is 0 Å². The number of aromatic nitrogens is 2. The number of rotatable bonds is 5. The van der Waals surface area contributed by atoms with Crippen LogP contribution in [0, 0.1) is 17.0 Å². The van der Waals surface area contributed by atoms with E-state index in [1.165, 1.54) is 30.7 Å². The molecule has 0 saturated carbocycles. The predicted octanol–water partition coefficient (Wildman–Crippen LogP) is 3.61. The number of nitro benzene ring substituents is 1. The van der Waals surface area contributed by atoms with E-state index in [0.717, 1.165) is 5.56 Å². The first-order valence-corrected chi connectivity index (χ1v) is 7.63. The van der Waals surface area contributed by atoms with Gasteiger partial charge in [-0.2, -0.15) is 0 Å². The van der Waals surface area contributed by atoms with Gasteiger partial charge in [-0.1, -0.05) is 18.2 Å². The van der Waals surface area contributed by atoms with Gasteiger partial charge in [0.25, 0.3) is 5.69 Å². The lowest BCUT2D eigenvalue weighted by molar-refractivity contribution is -0.384. The molecule has 1 N–H and O–H groups in total. The van der Waals surface area contributed by atoms with E-state index in [4.69, 9.17) is 4.42 Å². The van der Waals surface area contributed by atoms with E-state index in [0.29, 0.717) is 22.7 Å². The standard InChI is InChI=1S/C18H14N4O4/c1-12-5-7-14(18-21-19-11-26-18)10-16(12)20-17(23)8-6-13-3-2-4-15(9-13)22(24)25/h2-11H,1H3,(H,20,23)/b8-6-. The van der Waals surface area contributed by atoms with Crippen LogP contribution in [0.1, 0.15) is 11.1 Å². The largest absolute Gasteiger partial charge is 0.423 e. The van der Waals surface area contributed by atoms with Crippen molar-refractivity contribution in [3.63, 3.8) is 0 Å². The minimum absolute atomic E-state index is 0.0318. The van der Waals surface area contributed by atoms with Crippen molar-refractivity contribution in [1.82, 2.24) is 10.2 Å². The molecule has 0 fully saturated rings. The van der Waals surface area contributed by atoms with E-state index in [1.807, 2.05) is 19.1 Å². The van der Waals surface area contributed by atoms with Gasteiger partial charge in [-0.05, 0) is 36.3 Å². The summed E-state index contributed by atoms with van der Waals surface area (Å²) in [4.78, 5) is 22.5. The lowest BCUT2D eigenvalue weighted by atomic mass is 10.1. The monoisotopic (exact) mass is 350 g/mol. The minimum Gasteiger partial charge on any atom is -0.423 e. The highest BCUT2D eigenvalue weighted by Gasteiger charge is 2.08. The van der Waals surface area contributed by atoms with Gasteiger partial charge in [-0.15, -0.1) is 10.2 Å². The van der Waals surface area contributed by atoms with Crippen molar-refractivity contribution in [3.05, 3.63) is 76.2 Å². The average Bonchev–Trinajstić information content (AvgIpc) is 3.17. The predicted molar refractivity (Wildman–Crippen MR) is 95.2 cm³/mol. The molecule has 0 aliphatic heterocycles. The van der Waals surface area contributed by atoms with Crippen LogP contribution in [-0.2, 0) is 4.79 Å². The zero-order chi connectivity index (χ0) is 18.5. The number of benzene rings is 2. The molecular formula is C18H14N4O4. The number of amides is 1. The van der Waals surface area contributed by atoms with Gasteiger partial charge in [0, 0.05) is 29.5 Å². The Balaban J connectivity index is 1.75. The maximum atomic E-state index is 12.2. The number of carbonyl (C=O) groups is 1. The lowest BCUT2D eigenvalue weighted by Crippen LogP contribution is -2.09. The van der Waals surface area contributed by atoms with Gasteiger partial charge < -0.3 is 9.73 Å². The third-order valence-electron chi connectivity index (χ3n) is 3.61. The zero-order valence-corrected chi connectivity index (χ0v) is 13.7. The number of anilines is 1. The zero-order valence-electron chi connectivity index (χ0n) is 13.7. The summed E-state index contributed by atoms with van der Waals surface area (Å²) in [6.45, 7) is 1.86. The number of hydrogen-bond acceptors (Lipinski definition) is 6. The molecule has 3 aromatic rings. The fourth-order valence-corrected chi connectivity index (χ4v) is 2.28. The Morgan fingerprint density at radius 3 is 2.85 bits per heavy atom. The molecule has 0 unspecified atom stereocenters. The second kappa shape index (κ2) is 7.39. The summed E-state index contributed by atoms with van der Waals surface area (Å²) in [5, 5.41) is 21.0. The molecular weight excluding hydrogens is 336 g/mol. The Morgan fingerprint density at radius 2 is 2.12 bits per heavy atom. The summed E-state index contributed by atoms with van der Waals surface area (Å²) in [5.41, 5.74) is 2.69. The molecule has 1 aromatic heterocycles. The summed E-state index contributed by atoms with van der Waals surface area (Å²) >= 11 is 0. The molecule has 1 amide bonds. The summed E-state index contributed by atoms with van der Waals surface area (Å²) in [5.74, 6) is -0.00470. The normalized spacial score (nSPS) is 10.8. The molecule has 0 atom stereocenters. The fourth-order valence-electron chi connectivity index (χ4n) is 2.28. The topological polar surface area (TPSA) is 111 Å². The second-order valence-electron chi connectivity index (χ2n) is 5.45. The van der Waals surface area contributed by atoms with Crippen molar-refractivity contribution in [2.75, 3.05) is 5.32 Å². The number of hydrogen-bond donors (Lipinski definition) is 1. The molecule has 0 spiro atoms. The molecule has 0 aliphatic carbocycles. The smallest absolute Gasteiger partial charge is 0.270 e. The van der Waals surface area contributed by atoms with Crippen LogP contribution in [0.25, 0.3) is 17.5 Å². The van der Waals surface area contributed by atoms with Crippen LogP contribution in [0.3, 0.4) is 0 Å². The first-order valence-electron chi connectivity index (χ1n) is 7.63. The molecule has 2 aromatic carbocycles. The quantitative estimate of drug-likeness (QED) is 0.427. The van der Waals surface area contributed by atoms with Gasteiger partial charge >= 0.3 is 0 Å². The molecule has 1 heterocycles. The van der Waals surface area contributed by atoms with Crippen molar-refractivity contribution in [3.8, 4) is 11.5 Å². The van der Waals surface area contributed by atoms with Crippen LogP contribution >= 0.6 is 0 Å². The minimum atomic E-state index is -0.482. The van der Waals surface area contributed by atoms with Gasteiger partial charge in [0.05, 0.1) is 4.92 Å². The molecule has 8 heteroatoms.